The van der Waals surface area contributed by atoms with Gasteiger partial charge in [-0.3, -0.25) is 0 Å². The van der Waals surface area contributed by atoms with Crippen molar-refractivity contribution in [3.05, 3.63) is 0 Å². The summed E-state index contributed by atoms with van der Waals surface area (Å²) in [7, 11) is 0. The SMILES string of the molecule is CC(C)OC(=O)N1CC(C)(N)C1. The lowest BCUT2D eigenvalue weighted by Gasteiger charge is -2.44. The van der Waals surface area contributed by atoms with Crippen molar-refractivity contribution in [2.45, 2.75) is 32.4 Å². The van der Waals surface area contributed by atoms with Gasteiger partial charge in [0.1, 0.15) is 0 Å². The maximum atomic E-state index is 11.2. The highest BCUT2D eigenvalue weighted by atomic mass is 16.6. The predicted molar refractivity (Wildman–Crippen MR) is 45.8 cm³/mol. The topological polar surface area (TPSA) is 55.6 Å². The minimum Gasteiger partial charge on any atom is -0.447 e. The van der Waals surface area contributed by atoms with Gasteiger partial charge in [-0.2, -0.15) is 0 Å². The number of rotatable bonds is 1. The Balaban J connectivity index is 2.29. The number of nitrogens with zero attached hydrogens (tertiary/aromatic N) is 1. The van der Waals surface area contributed by atoms with E-state index in [0.717, 1.165) is 0 Å². The Hall–Kier alpha value is -0.770. The molecular formula is C8H16N2O2. The molecule has 1 saturated heterocycles. The van der Waals surface area contributed by atoms with E-state index in [4.69, 9.17) is 10.5 Å². The third-order valence-corrected chi connectivity index (χ3v) is 1.70. The number of ether oxygens (including phenoxy) is 1. The van der Waals surface area contributed by atoms with Crippen LogP contribution in [-0.4, -0.2) is 35.7 Å². The molecule has 1 aliphatic heterocycles. The summed E-state index contributed by atoms with van der Waals surface area (Å²) in [5.74, 6) is 0. The van der Waals surface area contributed by atoms with Crippen molar-refractivity contribution >= 4 is 6.09 Å². The minimum atomic E-state index is -0.257. The zero-order valence-electron chi connectivity index (χ0n) is 7.83. The van der Waals surface area contributed by atoms with E-state index in [2.05, 4.69) is 0 Å². The van der Waals surface area contributed by atoms with Gasteiger partial charge < -0.3 is 15.4 Å². The highest BCUT2D eigenvalue weighted by molar-refractivity contribution is 5.69. The first kappa shape index (κ1) is 9.32. The zero-order chi connectivity index (χ0) is 9.35. The molecule has 0 aromatic heterocycles. The Morgan fingerprint density at radius 2 is 2.08 bits per heavy atom. The molecule has 1 rings (SSSR count). The first-order valence-electron chi connectivity index (χ1n) is 4.15. The van der Waals surface area contributed by atoms with Crippen molar-refractivity contribution in [2.24, 2.45) is 5.73 Å². The van der Waals surface area contributed by atoms with Crippen LogP contribution in [0.3, 0.4) is 0 Å². The summed E-state index contributed by atoms with van der Waals surface area (Å²) >= 11 is 0. The van der Waals surface area contributed by atoms with Crippen LogP contribution in [0.15, 0.2) is 0 Å². The number of amides is 1. The fraction of sp³-hybridized carbons (Fsp3) is 0.875. The summed E-state index contributed by atoms with van der Waals surface area (Å²) in [6, 6.07) is 0. The fourth-order valence-electron chi connectivity index (χ4n) is 1.23. The minimum absolute atomic E-state index is 0.0536. The molecule has 0 unspecified atom stereocenters. The van der Waals surface area contributed by atoms with E-state index in [-0.39, 0.29) is 17.7 Å². The number of carbonyl (C=O) groups excluding carboxylic acids is 1. The predicted octanol–water partition coefficient (Wildman–Crippen LogP) is 0.564. The molecule has 0 aromatic carbocycles. The Bertz CT molecular complexity index is 181. The molecule has 0 radical (unpaired) electrons. The molecular weight excluding hydrogens is 156 g/mol. The van der Waals surface area contributed by atoms with E-state index in [1.54, 1.807) is 4.90 Å². The van der Waals surface area contributed by atoms with Gasteiger partial charge in [-0.25, -0.2) is 4.79 Å². The van der Waals surface area contributed by atoms with Crippen LogP contribution in [0.5, 0.6) is 0 Å². The van der Waals surface area contributed by atoms with Gasteiger partial charge in [0.15, 0.2) is 0 Å². The molecule has 1 heterocycles. The number of likely N-dealkylation sites (tertiary alicyclic amines) is 1. The summed E-state index contributed by atoms with van der Waals surface area (Å²) in [6.07, 6.45) is -0.310. The number of hydrogen-bond donors (Lipinski definition) is 1. The molecule has 1 amide bonds. The van der Waals surface area contributed by atoms with Crippen LogP contribution in [0.25, 0.3) is 0 Å². The molecule has 4 nitrogen and oxygen atoms in total. The lowest BCUT2D eigenvalue weighted by Crippen LogP contribution is -2.67. The van der Waals surface area contributed by atoms with E-state index in [1.807, 2.05) is 20.8 Å². The molecule has 0 atom stereocenters. The highest BCUT2D eigenvalue weighted by Gasteiger charge is 2.38. The van der Waals surface area contributed by atoms with Crippen LogP contribution < -0.4 is 5.73 Å². The Morgan fingerprint density at radius 1 is 1.58 bits per heavy atom. The molecule has 0 spiro atoms. The average Bonchev–Trinajstić information content (AvgIpc) is 1.80. The molecule has 0 aromatic rings. The molecule has 2 N–H and O–H groups in total. The summed E-state index contributed by atoms with van der Waals surface area (Å²) in [6.45, 7) is 6.78. The standard InChI is InChI=1S/C8H16N2O2/c1-6(2)12-7(11)10-4-8(3,9)5-10/h6H,4-5,9H2,1-3H3. The number of carbonyl (C=O) groups is 1. The highest BCUT2D eigenvalue weighted by Crippen LogP contribution is 2.18. The quantitative estimate of drug-likeness (QED) is 0.629. The van der Waals surface area contributed by atoms with E-state index in [1.165, 1.54) is 0 Å². The van der Waals surface area contributed by atoms with Gasteiger partial charge in [-0.1, -0.05) is 0 Å². The molecule has 70 valence electrons. The van der Waals surface area contributed by atoms with E-state index >= 15 is 0 Å². The van der Waals surface area contributed by atoms with Gasteiger partial charge in [0.2, 0.25) is 0 Å². The lowest BCUT2D eigenvalue weighted by atomic mass is 9.95. The number of hydrogen-bond acceptors (Lipinski definition) is 3. The van der Waals surface area contributed by atoms with Crippen molar-refractivity contribution in [1.29, 1.82) is 0 Å². The summed E-state index contributed by atoms with van der Waals surface area (Å²) in [5, 5.41) is 0. The summed E-state index contributed by atoms with van der Waals surface area (Å²) < 4.78 is 4.98. The maximum Gasteiger partial charge on any atom is 0.410 e. The van der Waals surface area contributed by atoms with E-state index in [0.29, 0.717) is 13.1 Å². The Labute approximate surface area is 72.7 Å². The van der Waals surface area contributed by atoms with Gasteiger partial charge in [-0.05, 0) is 20.8 Å². The largest absolute Gasteiger partial charge is 0.447 e. The summed E-state index contributed by atoms with van der Waals surface area (Å²) in [4.78, 5) is 12.8. The smallest absolute Gasteiger partial charge is 0.410 e. The van der Waals surface area contributed by atoms with Crippen molar-refractivity contribution in [3.63, 3.8) is 0 Å². The maximum absolute atomic E-state index is 11.2. The van der Waals surface area contributed by atoms with Crippen LogP contribution >= 0.6 is 0 Å². The van der Waals surface area contributed by atoms with E-state index < -0.39 is 0 Å². The lowest BCUT2D eigenvalue weighted by molar-refractivity contribution is 0.0307. The average molecular weight is 172 g/mol. The molecule has 12 heavy (non-hydrogen) atoms. The van der Waals surface area contributed by atoms with Crippen molar-refractivity contribution < 1.29 is 9.53 Å². The first-order chi connectivity index (χ1) is 5.41. The van der Waals surface area contributed by atoms with E-state index in [9.17, 15) is 4.79 Å². The monoisotopic (exact) mass is 172 g/mol. The van der Waals surface area contributed by atoms with Crippen LogP contribution in [0.2, 0.25) is 0 Å². The van der Waals surface area contributed by atoms with Gasteiger partial charge in [0.25, 0.3) is 0 Å². The molecule has 1 fully saturated rings. The van der Waals surface area contributed by atoms with Crippen molar-refractivity contribution in [2.75, 3.05) is 13.1 Å². The summed E-state index contributed by atoms with van der Waals surface area (Å²) in [5.41, 5.74) is 5.52. The second-order valence-electron chi connectivity index (χ2n) is 3.94. The van der Waals surface area contributed by atoms with Crippen LogP contribution in [0.4, 0.5) is 4.79 Å². The molecule has 0 aliphatic carbocycles. The van der Waals surface area contributed by atoms with Gasteiger partial charge in [0.05, 0.1) is 6.10 Å². The van der Waals surface area contributed by atoms with Crippen molar-refractivity contribution in [1.82, 2.24) is 4.90 Å². The first-order valence-corrected chi connectivity index (χ1v) is 4.15. The fourth-order valence-corrected chi connectivity index (χ4v) is 1.23. The second-order valence-corrected chi connectivity index (χ2v) is 3.94. The van der Waals surface area contributed by atoms with Gasteiger partial charge in [-0.15, -0.1) is 0 Å². The molecule has 4 heteroatoms. The molecule has 0 saturated carbocycles. The Kier molecular flexibility index (Phi) is 2.28. The number of nitrogens with two attached hydrogens (primary N) is 1. The second kappa shape index (κ2) is 2.94. The van der Waals surface area contributed by atoms with Gasteiger partial charge >= 0.3 is 6.09 Å². The van der Waals surface area contributed by atoms with Crippen LogP contribution in [0.1, 0.15) is 20.8 Å². The van der Waals surface area contributed by atoms with Crippen molar-refractivity contribution in [3.8, 4) is 0 Å². The molecule has 0 bridgehead atoms. The normalized spacial score (nSPS) is 20.6. The van der Waals surface area contributed by atoms with Crippen LogP contribution in [0, 0.1) is 0 Å². The molecule has 1 aliphatic rings. The third kappa shape index (κ3) is 2.11. The Morgan fingerprint density at radius 3 is 2.42 bits per heavy atom. The van der Waals surface area contributed by atoms with Crippen LogP contribution in [-0.2, 0) is 4.74 Å². The zero-order valence-corrected chi connectivity index (χ0v) is 7.83. The third-order valence-electron chi connectivity index (χ3n) is 1.70. The van der Waals surface area contributed by atoms with Gasteiger partial charge in [0, 0.05) is 18.6 Å².